The van der Waals surface area contributed by atoms with Crippen molar-refractivity contribution in [2.24, 2.45) is 17.1 Å². The predicted octanol–water partition coefficient (Wildman–Crippen LogP) is 2.12. The Labute approximate surface area is 80.9 Å². The summed E-state index contributed by atoms with van der Waals surface area (Å²) in [5.41, 5.74) is 5.84. The second-order valence-electron chi connectivity index (χ2n) is 5.23. The highest BCUT2D eigenvalue weighted by molar-refractivity contribution is 5.87. The molecule has 0 saturated heterocycles. The summed E-state index contributed by atoms with van der Waals surface area (Å²) in [4.78, 5) is 11.9. The van der Waals surface area contributed by atoms with Gasteiger partial charge in [0, 0.05) is 5.92 Å². The van der Waals surface area contributed by atoms with Crippen molar-refractivity contribution in [3.05, 3.63) is 0 Å². The highest BCUT2D eigenvalue weighted by atomic mass is 16.1. The minimum absolute atomic E-state index is 0.0837. The van der Waals surface area contributed by atoms with E-state index >= 15 is 0 Å². The van der Waals surface area contributed by atoms with Gasteiger partial charge in [-0.05, 0) is 18.3 Å². The molecule has 0 aromatic rings. The van der Waals surface area contributed by atoms with E-state index in [4.69, 9.17) is 5.73 Å². The van der Waals surface area contributed by atoms with Crippen molar-refractivity contribution in [3.63, 3.8) is 0 Å². The molecule has 0 aromatic heterocycles. The van der Waals surface area contributed by atoms with E-state index in [1.807, 2.05) is 20.8 Å². The Morgan fingerprint density at radius 2 is 1.77 bits per heavy atom. The number of ketones is 1. The molecule has 2 N–H and O–H groups in total. The van der Waals surface area contributed by atoms with Gasteiger partial charge < -0.3 is 5.73 Å². The predicted molar refractivity (Wildman–Crippen MR) is 54.4 cm³/mol. The highest BCUT2D eigenvalue weighted by Gasteiger charge is 2.33. The molecular weight excluding hydrogens is 162 g/mol. The molecule has 0 heterocycles. The third-order valence-corrected chi connectivity index (χ3v) is 3.00. The molecule has 2 nitrogen and oxygen atoms in total. The summed E-state index contributed by atoms with van der Waals surface area (Å²) in [6, 6.07) is -0.282. The number of nitrogens with two attached hydrogens (primary N) is 1. The van der Waals surface area contributed by atoms with Crippen LogP contribution in [-0.4, -0.2) is 11.8 Å². The molecule has 1 fully saturated rings. The Hall–Kier alpha value is -0.370. The van der Waals surface area contributed by atoms with Gasteiger partial charge in [0.15, 0.2) is 5.78 Å². The molecule has 1 rings (SSSR count). The first-order chi connectivity index (χ1) is 5.93. The van der Waals surface area contributed by atoms with Crippen LogP contribution in [0.3, 0.4) is 0 Å². The van der Waals surface area contributed by atoms with E-state index < -0.39 is 0 Å². The maximum absolute atomic E-state index is 11.9. The van der Waals surface area contributed by atoms with Crippen LogP contribution in [0.15, 0.2) is 0 Å². The van der Waals surface area contributed by atoms with Crippen molar-refractivity contribution in [1.82, 2.24) is 0 Å². The number of rotatable bonds is 2. The average Bonchev–Trinajstić information content (AvgIpc) is 2.51. The Morgan fingerprint density at radius 3 is 2.15 bits per heavy atom. The van der Waals surface area contributed by atoms with Gasteiger partial charge in [0.05, 0.1) is 6.04 Å². The van der Waals surface area contributed by atoms with Gasteiger partial charge in [-0.15, -0.1) is 0 Å². The number of hydrogen-bond donors (Lipinski definition) is 1. The lowest BCUT2D eigenvalue weighted by Gasteiger charge is -2.27. The number of carbonyl (C=O) groups excluding carboxylic acids is 1. The van der Waals surface area contributed by atoms with Gasteiger partial charge in [-0.2, -0.15) is 0 Å². The van der Waals surface area contributed by atoms with E-state index in [0.29, 0.717) is 0 Å². The third kappa shape index (κ3) is 2.53. The zero-order chi connectivity index (χ0) is 10.1. The van der Waals surface area contributed by atoms with E-state index in [2.05, 4.69) is 0 Å². The quantitative estimate of drug-likeness (QED) is 0.712. The van der Waals surface area contributed by atoms with Gasteiger partial charge in [-0.1, -0.05) is 33.6 Å². The van der Waals surface area contributed by atoms with Crippen molar-refractivity contribution in [1.29, 1.82) is 0 Å². The summed E-state index contributed by atoms with van der Waals surface area (Å²) < 4.78 is 0. The van der Waals surface area contributed by atoms with Gasteiger partial charge in [-0.25, -0.2) is 0 Å². The van der Waals surface area contributed by atoms with Gasteiger partial charge in [0.2, 0.25) is 0 Å². The lowest BCUT2D eigenvalue weighted by Crippen LogP contribution is -2.44. The van der Waals surface area contributed by atoms with Crippen molar-refractivity contribution in [2.75, 3.05) is 0 Å². The smallest absolute Gasteiger partial charge is 0.153 e. The summed E-state index contributed by atoms with van der Waals surface area (Å²) in [6.07, 6.45) is 4.52. The molecule has 1 aliphatic rings. The minimum atomic E-state index is -0.282. The zero-order valence-corrected chi connectivity index (χ0v) is 8.97. The standard InChI is InChI=1S/C11H21NO/c1-11(2,3)10(12)9(13)8-6-4-5-7-8/h8,10H,4-7,12H2,1-3H3. The summed E-state index contributed by atoms with van der Waals surface area (Å²) >= 11 is 0. The average molecular weight is 183 g/mol. The van der Waals surface area contributed by atoms with Gasteiger partial charge in [0.1, 0.15) is 0 Å². The molecule has 0 aliphatic heterocycles. The third-order valence-electron chi connectivity index (χ3n) is 3.00. The molecule has 0 bridgehead atoms. The SMILES string of the molecule is CC(C)(C)C(N)C(=O)C1CCCC1. The molecule has 1 atom stereocenters. The molecule has 0 amide bonds. The van der Waals surface area contributed by atoms with Crippen molar-refractivity contribution < 1.29 is 4.79 Å². The Bertz CT molecular complexity index is 187. The van der Waals surface area contributed by atoms with E-state index in [1.165, 1.54) is 12.8 Å². The monoisotopic (exact) mass is 183 g/mol. The normalized spacial score (nSPS) is 21.8. The maximum atomic E-state index is 11.9. The number of carbonyl (C=O) groups is 1. The summed E-state index contributed by atoms with van der Waals surface area (Å²) in [7, 11) is 0. The number of hydrogen-bond acceptors (Lipinski definition) is 2. The highest BCUT2D eigenvalue weighted by Crippen LogP contribution is 2.29. The van der Waals surface area contributed by atoms with E-state index in [-0.39, 0.29) is 23.2 Å². The molecule has 1 saturated carbocycles. The maximum Gasteiger partial charge on any atom is 0.153 e. The topological polar surface area (TPSA) is 43.1 Å². The first-order valence-corrected chi connectivity index (χ1v) is 5.22. The van der Waals surface area contributed by atoms with E-state index in [9.17, 15) is 4.79 Å². The fourth-order valence-corrected chi connectivity index (χ4v) is 1.89. The van der Waals surface area contributed by atoms with Crippen LogP contribution in [0.2, 0.25) is 0 Å². The second-order valence-corrected chi connectivity index (χ2v) is 5.23. The molecule has 2 heteroatoms. The summed E-state index contributed by atoms with van der Waals surface area (Å²) in [6.45, 7) is 6.10. The molecule has 0 radical (unpaired) electrons. The lowest BCUT2D eigenvalue weighted by atomic mass is 9.80. The van der Waals surface area contributed by atoms with Gasteiger partial charge in [-0.3, -0.25) is 4.79 Å². The summed E-state index contributed by atoms with van der Waals surface area (Å²) in [5, 5.41) is 0. The Morgan fingerprint density at radius 1 is 1.31 bits per heavy atom. The molecule has 76 valence electrons. The van der Waals surface area contributed by atoms with Crippen LogP contribution in [0, 0.1) is 11.3 Å². The second kappa shape index (κ2) is 3.79. The van der Waals surface area contributed by atoms with Crippen LogP contribution in [0.25, 0.3) is 0 Å². The molecular formula is C11H21NO. The minimum Gasteiger partial charge on any atom is -0.321 e. The van der Waals surface area contributed by atoms with Crippen molar-refractivity contribution in [2.45, 2.75) is 52.5 Å². The van der Waals surface area contributed by atoms with Crippen molar-refractivity contribution >= 4 is 5.78 Å². The summed E-state index contributed by atoms with van der Waals surface area (Å²) in [5.74, 6) is 0.541. The number of Topliss-reactive ketones (excluding diaryl/α,β-unsaturated/α-hetero) is 1. The molecule has 0 aromatic carbocycles. The Kier molecular flexibility index (Phi) is 3.12. The Balaban J connectivity index is 2.56. The molecule has 1 aliphatic carbocycles. The van der Waals surface area contributed by atoms with E-state index in [1.54, 1.807) is 0 Å². The van der Waals surface area contributed by atoms with Crippen LogP contribution in [0.5, 0.6) is 0 Å². The van der Waals surface area contributed by atoms with Gasteiger partial charge in [0.25, 0.3) is 0 Å². The van der Waals surface area contributed by atoms with Crippen LogP contribution in [0.4, 0.5) is 0 Å². The fraction of sp³-hybridized carbons (Fsp3) is 0.909. The van der Waals surface area contributed by atoms with Crippen LogP contribution >= 0.6 is 0 Å². The van der Waals surface area contributed by atoms with Crippen LogP contribution in [-0.2, 0) is 4.79 Å². The van der Waals surface area contributed by atoms with E-state index in [0.717, 1.165) is 12.8 Å². The lowest BCUT2D eigenvalue weighted by molar-refractivity contribution is -0.126. The molecule has 13 heavy (non-hydrogen) atoms. The van der Waals surface area contributed by atoms with Crippen LogP contribution < -0.4 is 5.73 Å². The first-order valence-electron chi connectivity index (χ1n) is 5.22. The largest absolute Gasteiger partial charge is 0.321 e. The van der Waals surface area contributed by atoms with Gasteiger partial charge >= 0.3 is 0 Å². The molecule has 0 spiro atoms. The van der Waals surface area contributed by atoms with Crippen LogP contribution in [0.1, 0.15) is 46.5 Å². The fourth-order valence-electron chi connectivity index (χ4n) is 1.89. The zero-order valence-electron chi connectivity index (χ0n) is 8.97. The molecule has 1 unspecified atom stereocenters. The first kappa shape index (κ1) is 10.7. The van der Waals surface area contributed by atoms with Crippen molar-refractivity contribution in [3.8, 4) is 0 Å².